The van der Waals surface area contributed by atoms with Gasteiger partial charge in [-0.3, -0.25) is 4.79 Å². The maximum absolute atomic E-state index is 13.3. The predicted molar refractivity (Wildman–Crippen MR) is 112 cm³/mol. The fraction of sp³-hybridized carbons (Fsp3) is 0.231. The maximum atomic E-state index is 13.3. The van der Waals surface area contributed by atoms with Crippen LogP contribution in [0.1, 0.15) is 41.6 Å². The summed E-state index contributed by atoms with van der Waals surface area (Å²) in [6, 6.07) is 29.3. The Kier molecular flexibility index (Phi) is 5.57. The lowest BCUT2D eigenvalue weighted by atomic mass is 9.53. The van der Waals surface area contributed by atoms with Gasteiger partial charge in [0, 0.05) is 17.8 Å². The van der Waals surface area contributed by atoms with Crippen molar-refractivity contribution in [1.29, 1.82) is 0 Å². The van der Waals surface area contributed by atoms with Gasteiger partial charge in [-0.15, -0.1) is 0 Å². The highest BCUT2D eigenvalue weighted by Gasteiger charge is 2.56. The van der Waals surface area contributed by atoms with Crippen molar-refractivity contribution in [2.75, 3.05) is 0 Å². The van der Waals surface area contributed by atoms with Gasteiger partial charge in [-0.05, 0) is 23.6 Å². The van der Waals surface area contributed by atoms with Crippen molar-refractivity contribution in [3.8, 4) is 0 Å². The van der Waals surface area contributed by atoms with Crippen LogP contribution < -0.4 is 0 Å². The van der Waals surface area contributed by atoms with Crippen LogP contribution in [0.5, 0.6) is 0 Å². The topological polar surface area (TPSA) is 43.4 Å². The fourth-order valence-corrected chi connectivity index (χ4v) is 4.50. The molecule has 3 heteroatoms. The van der Waals surface area contributed by atoms with Crippen LogP contribution in [0.4, 0.5) is 0 Å². The van der Waals surface area contributed by atoms with Gasteiger partial charge in [0.05, 0.1) is 5.92 Å². The molecule has 0 bridgehead atoms. The summed E-state index contributed by atoms with van der Waals surface area (Å²) in [6.07, 6.45) is 0.659. The normalized spacial score (nSPS) is 24.2. The number of aldehydes is 1. The van der Waals surface area contributed by atoms with E-state index in [9.17, 15) is 9.59 Å². The van der Waals surface area contributed by atoms with E-state index in [4.69, 9.17) is 4.74 Å². The van der Waals surface area contributed by atoms with E-state index < -0.39 is 0 Å². The van der Waals surface area contributed by atoms with Crippen LogP contribution in [0.25, 0.3) is 0 Å². The van der Waals surface area contributed by atoms with Crippen molar-refractivity contribution >= 4 is 12.3 Å². The third-order valence-electron chi connectivity index (χ3n) is 5.96. The number of esters is 1. The predicted octanol–water partition coefficient (Wildman–Crippen LogP) is 5.30. The summed E-state index contributed by atoms with van der Waals surface area (Å²) in [5, 5.41) is 0. The Hall–Kier alpha value is -3.20. The molecule has 3 aromatic rings. The average molecular weight is 384 g/mol. The molecule has 3 aromatic carbocycles. The minimum Gasteiger partial charge on any atom is -0.458 e. The van der Waals surface area contributed by atoms with E-state index in [0.717, 1.165) is 23.0 Å². The second-order valence-electron chi connectivity index (χ2n) is 7.60. The molecule has 3 atom stereocenters. The number of hydrogen-bond acceptors (Lipinski definition) is 3. The number of rotatable bonds is 6. The summed E-state index contributed by atoms with van der Waals surface area (Å²) in [5.41, 5.74) is 2.97. The van der Waals surface area contributed by atoms with Crippen molar-refractivity contribution < 1.29 is 14.3 Å². The van der Waals surface area contributed by atoms with Crippen LogP contribution in [0.3, 0.4) is 0 Å². The quantitative estimate of drug-likeness (QED) is 0.428. The van der Waals surface area contributed by atoms with E-state index in [0.29, 0.717) is 0 Å². The molecule has 4 rings (SSSR count). The molecule has 1 unspecified atom stereocenters. The number of benzene rings is 3. The molecule has 0 radical (unpaired) electrons. The summed E-state index contributed by atoms with van der Waals surface area (Å²) >= 11 is 0. The van der Waals surface area contributed by atoms with Crippen LogP contribution in [0.15, 0.2) is 91.0 Å². The lowest BCUT2D eigenvalue weighted by Gasteiger charge is -2.49. The third kappa shape index (κ3) is 3.73. The highest BCUT2D eigenvalue weighted by molar-refractivity contribution is 5.81. The minimum absolute atomic E-state index is 0.172. The van der Waals surface area contributed by atoms with Gasteiger partial charge in [0.15, 0.2) is 0 Å². The lowest BCUT2D eigenvalue weighted by molar-refractivity contribution is -0.162. The highest BCUT2D eigenvalue weighted by Crippen LogP contribution is 2.57. The molecule has 0 aromatic heterocycles. The van der Waals surface area contributed by atoms with Gasteiger partial charge in [-0.2, -0.15) is 0 Å². The zero-order chi connectivity index (χ0) is 20.2. The molecule has 0 N–H and O–H groups in total. The summed E-state index contributed by atoms with van der Waals surface area (Å²) < 4.78 is 5.88. The fourth-order valence-electron chi connectivity index (χ4n) is 4.50. The zero-order valence-corrected chi connectivity index (χ0v) is 16.3. The van der Waals surface area contributed by atoms with Crippen LogP contribution >= 0.6 is 0 Å². The molecule has 0 amide bonds. The van der Waals surface area contributed by atoms with Crippen molar-refractivity contribution in [1.82, 2.24) is 0 Å². The maximum Gasteiger partial charge on any atom is 0.310 e. The molecule has 3 nitrogen and oxygen atoms in total. The summed E-state index contributed by atoms with van der Waals surface area (Å²) in [7, 11) is 0. The molecule has 1 aliphatic rings. The van der Waals surface area contributed by atoms with E-state index in [-0.39, 0.29) is 35.7 Å². The van der Waals surface area contributed by atoms with Crippen LogP contribution in [-0.2, 0) is 14.3 Å². The standard InChI is InChI=1S/C26H24O3/c1-18(19-11-5-2-6-12-19)29-26(28)25-23(20-13-7-3-8-14-20)22(17-27)24(25)21-15-9-4-10-16-21/h2-18,22-25H,1H3/t18?,22-,23-,24-,25+/m1/s1. The molecule has 0 saturated heterocycles. The Morgan fingerprint density at radius 3 is 1.69 bits per heavy atom. The van der Waals surface area contributed by atoms with Crippen LogP contribution in [0.2, 0.25) is 0 Å². The zero-order valence-electron chi connectivity index (χ0n) is 16.3. The highest BCUT2D eigenvalue weighted by atomic mass is 16.5. The van der Waals surface area contributed by atoms with Crippen LogP contribution in [0, 0.1) is 11.8 Å². The van der Waals surface area contributed by atoms with E-state index >= 15 is 0 Å². The van der Waals surface area contributed by atoms with Crippen molar-refractivity contribution in [2.24, 2.45) is 11.8 Å². The molecule has 1 aliphatic carbocycles. The Morgan fingerprint density at radius 2 is 1.24 bits per heavy atom. The molecule has 29 heavy (non-hydrogen) atoms. The van der Waals surface area contributed by atoms with Gasteiger partial charge in [0.25, 0.3) is 0 Å². The first kappa shape index (κ1) is 19.1. The summed E-state index contributed by atoms with van der Waals surface area (Å²) in [4.78, 5) is 25.3. The van der Waals surface area contributed by atoms with Crippen LogP contribution in [-0.4, -0.2) is 12.3 Å². The SMILES string of the molecule is CC(OC(=O)[C@H]1[C@H](c2ccccc2)[C@@H](C=O)[C@H]1c1ccccc1)c1ccccc1. The van der Waals surface area contributed by atoms with Gasteiger partial charge >= 0.3 is 5.97 Å². The second-order valence-corrected chi connectivity index (χ2v) is 7.60. The first-order valence-electron chi connectivity index (χ1n) is 10.0. The molecule has 146 valence electrons. The van der Waals surface area contributed by atoms with Gasteiger partial charge < -0.3 is 9.53 Å². The molecule has 1 saturated carbocycles. The Balaban J connectivity index is 1.65. The van der Waals surface area contributed by atoms with Gasteiger partial charge in [-0.25, -0.2) is 0 Å². The second kappa shape index (κ2) is 8.44. The Labute approximate surface area is 171 Å². The van der Waals surface area contributed by atoms with Crippen molar-refractivity contribution in [3.05, 3.63) is 108 Å². The number of ether oxygens (including phenoxy) is 1. The monoisotopic (exact) mass is 384 g/mol. The Morgan fingerprint density at radius 1 is 0.793 bits per heavy atom. The van der Waals surface area contributed by atoms with Gasteiger partial charge in [0.1, 0.15) is 12.4 Å². The summed E-state index contributed by atoms with van der Waals surface area (Å²) in [6.45, 7) is 1.89. The van der Waals surface area contributed by atoms with Crippen molar-refractivity contribution in [2.45, 2.75) is 24.9 Å². The smallest absolute Gasteiger partial charge is 0.310 e. The van der Waals surface area contributed by atoms with Gasteiger partial charge in [-0.1, -0.05) is 91.0 Å². The third-order valence-corrected chi connectivity index (χ3v) is 5.96. The average Bonchev–Trinajstić information content (AvgIpc) is 2.75. The molecular weight excluding hydrogens is 360 g/mol. The largest absolute Gasteiger partial charge is 0.458 e. The van der Waals surface area contributed by atoms with Crippen molar-refractivity contribution in [3.63, 3.8) is 0 Å². The number of carbonyl (C=O) groups excluding carboxylic acids is 2. The molecule has 0 spiro atoms. The van der Waals surface area contributed by atoms with E-state index in [2.05, 4.69) is 0 Å². The van der Waals surface area contributed by atoms with E-state index in [1.165, 1.54) is 0 Å². The van der Waals surface area contributed by atoms with Gasteiger partial charge in [0.2, 0.25) is 0 Å². The van der Waals surface area contributed by atoms with E-state index in [1.54, 1.807) is 0 Å². The molecule has 0 aliphatic heterocycles. The number of hydrogen-bond donors (Lipinski definition) is 0. The van der Waals surface area contributed by atoms with E-state index in [1.807, 2.05) is 97.9 Å². The molecular formula is C26H24O3. The summed E-state index contributed by atoms with van der Waals surface area (Å²) in [5.74, 6) is -1.23. The first-order chi connectivity index (χ1) is 14.2. The lowest BCUT2D eigenvalue weighted by Crippen LogP contribution is -2.49. The minimum atomic E-state index is -0.388. The number of carbonyl (C=O) groups is 2. The first-order valence-corrected chi connectivity index (χ1v) is 10.0. The Bertz CT molecular complexity index is 906. The molecule has 1 fully saturated rings. The molecule has 0 heterocycles.